The van der Waals surface area contributed by atoms with Crippen molar-refractivity contribution < 1.29 is 9.84 Å². The fraction of sp³-hybridized carbons (Fsp3) is 0.400. The van der Waals surface area contributed by atoms with Gasteiger partial charge >= 0.3 is 0 Å². The number of halogens is 1. The molecule has 0 unspecified atom stereocenters. The van der Waals surface area contributed by atoms with Gasteiger partial charge in [-0.15, -0.1) is 0 Å². The molecule has 3 nitrogen and oxygen atoms in total. The minimum Gasteiger partial charge on any atom is -0.496 e. The van der Waals surface area contributed by atoms with Crippen LogP contribution in [0.4, 0.5) is 0 Å². The van der Waals surface area contributed by atoms with Crippen LogP contribution in [0.25, 0.3) is 0 Å². The predicted octanol–water partition coefficient (Wildman–Crippen LogP) is 1.73. The zero-order chi connectivity index (χ0) is 10.6. The van der Waals surface area contributed by atoms with Crippen LogP contribution < -0.4 is 10.5 Å². The Bertz CT molecular complexity index is 304. The highest BCUT2D eigenvalue weighted by Crippen LogP contribution is 2.28. The lowest BCUT2D eigenvalue weighted by Crippen LogP contribution is -2.13. The molecule has 0 bridgehead atoms. The van der Waals surface area contributed by atoms with Gasteiger partial charge in [0.2, 0.25) is 0 Å². The Morgan fingerprint density at radius 1 is 1.57 bits per heavy atom. The number of rotatable bonds is 4. The van der Waals surface area contributed by atoms with Crippen LogP contribution in [0.2, 0.25) is 5.02 Å². The molecule has 78 valence electrons. The number of ether oxygens (including phenoxy) is 1. The lowest BCUT2D eigenvalue weighted by atomic mass is 10.0. The van der Waals surface area contributed by atoms with Gasteiger partial charge in [0.25, 0.3) is 0 Å². The molecule has 0 heterocycles. The fourth-order valence-electron chi connectivity index (χ4n) is 1.29. The van der Waals surface area contributed by atoms with Crippen molar-refractivity contribution in [2.45, 2.75) is 12.5 Å². The maximum absolute atomic E-state index is 8.78. The predicted molar refractivity (Wildman–Crippen MR) is 56.6 cm³/mol. The summed E-state index contributed by atoms with van der Waals surface area (Å²) in [6.07, 6.45) is 0.497. The largest absolute Gasteiger partial charge is 0.496 e. The molecule has 0 saturated heterocycles. The minimum atomic E-state index is -0.242. The Hall–Kier alpha value is -0.770. The van der Waals surface area contributed by atoms with Gasteiger partial charge < -0.3 is 15.6 Å². The number of benzene rings is 1. The van der Waals surface area contributed by atoms with E-state index in [4.69, 9.17) is 27.2 Å². The van der Waals surface area contributed by atoms with Crippen LogP contribution in [-0.2, 0) is 0 Å². The molecule has 1 aromatic carbocycles. The second kappa shape index (κ2) is 5.20. The van der Waals surface area contributed by atoms with Gasteiger partial charge in [0.1, 0.15) is 5.75 Å². The topological polar surface area (TPSA) is 55.5 Å². The molecule has 0 aliphatic heterocycles. The minimum absolute atomic E-state index is 0.0524. The highest BCUT2D eigenvalue weighted by molar-refractivity contribution is 6.30. The van der Waals surface area contributed by atoms with E-state index in [-0.39, 0.29) is 12.6 Å². The summed E-state index contributed by atoms with van der Waals surface area (Å²) in [6.45, 7) is 0.0524. The van der Waals surface area contributed by atoms with Gasteiger partial charge in [-0.1, -0.05) is 11.6 Å². The van der Waals surface area contributed by atoms with Crippen molar-refractivity contribution in [1.82, 2.24) is 0 Å². The van der Waals surface area contributed by atoms with Crippen molar-refractivity contribution in [3.8, 4) is 5.75 Å². The molecule has 0 aromatic heterocycles. The Morgan fingerprint density at radius 3 is 2.86 bits per heavy atom. The zero-order valence-electron chi connectivity index (χ0n) is 8.03. The normalized spacial score (nSPS) is 12.6. The summed E-state index contributed by atoms with van der Waals surface area (Å²) < 4.78 is 5.15. The summed E-state index contributed by atoms with van der Waals surface area (Å²) in [5.41, 5.74) is 6.68. The standard InChI is InChI=1S/C10H14ClNO2/c1-14-10-3-2-7(11)6-8(10)9(12)4-5-13/h2-3,6,9,13H,4-5,12H2,1H3/t9-/m0/s1. The van der Waals surface area contributed by atoms with E-state index in [0.29, 0.717) is 17.2 Å². The highest BCUT2D eigenvalue weighted by Gasteiger charge is 2.11. The van der Waals surface area contributed by atoms with Crippen molar-refractivity contribution in [3.05, 3.63) is 28.8 Å². The number of hydrogen-bond acceptors (Lipinski definition) is 3. The summed E-state index contributed by atoms with van der Waals surface area (Å²) >= 11 is 5.84. The summed E-state index contributed by atoms with van der Waals surface area (Å²) in [5, 5.41) is 9.40. The molecule has 1 atom stereocenters. The molecule has 1 rings (SSSR count). The van der Waals surface area contributed by atoms with Crippen molar-refractivity contribution in [2.75, 3.05) is 13.7 Å². The van der Waals surface area contributed by atoms with Crippen LogP contribution in [0.5, 0.6) is 5.75 Å². The van der Waals surface area contributed by atoms with Gasteiger partial charge in [0, 0.05) is 23.2 Å². The number of aliphatic hydroxyl groups is 1. The molecule has 1 aromatic rings. The first kappa shape index (κ1) is 11.3. The van der Waals surface area contributed by atoms with E-state index in [1.54, 1.807) is 25.3 Å². The molecule has 0 amide bonds. The van der Waals surface area contributed by atoms with Gasteiger partial charge in [0.05, 0.1) is 7.11 Å². The second-order valence-corrected chi connectivity index (χ2v) is 3.44. The van der Waals surface area contributed by atoms with E-state index in [1.165, 1.54) is 0 Å². The molecule has 0 saturated carbocycles. The molecule has 0 aliphatic carbocycles. The Kier molecular flexibility index (Phi) is 4.20. The third kappa shape index (κ3) is 2.61. The first-order valence-corrected chi connectivity index (χ1v) is 4.76. The molecule has 0 radical (unpaired) electrons. The molecule has 0 spiro atoms. The van der Waals surface area contributed by atoms with Crippen molar-refractivity contribution >= 4 is 11.6 Å². The molecule has 4 heteroatoms. The Morgan fingerprint density at radius 2 is 2.29 bits per heavy atom. The highest BCUT2D eigenvalue weighted by atomic mass is 35.5. The quantitative estimate of drug-likeness (QED) is 0.805. The van der Waals surface area contributed by atoms with Crippen LogP contribution in [0, 0.1) is 0 Å². The lowest BCUT2D eigenvalue weighted by molar-refractivity contribution is 0.275. The van der Waals surface area contributed by atoms with E-state index in [2.05, 4.69) is 0 Å². The summed E-state index contributed by atoms with van der Waals surface area (Å²) in [6, 6.07) is 5.04. The van der Waals surface area contributed by atoms with Crippen LogP contribution in [0.1, 0.15) is 18.0 Å². The maximum atomic E-state index is 8.78. The number of hydrogen-bond donors (Lipinski definition) is 2. The second-order valence-electron chi connectivity index (χ2n) is 3.01. The fourth-order valence-corrected chi connectivity index (χ4v) is 1.47. The van der Waals surface area contributed by atoms with E-state index in [9.17, 15) is 0 Å². The summed E-state index contributed by atoms with van der Waals surface area (Å²) in [5.74, 6) is 0.704. The Labute approximate surface area is 88.4 Å². The van der Waals surface area contributed by atoms with Crippen LogP contribution >= 0.6 is 11.6 Å². The average Bonchev–Trinajstić information content (AvgIpc) is 2.18. The van der Waals surface area contributed by atoms with Gasteiger partial charge in [-0.05, 0) is 24.6 Å². The van der Waals surface area contributed by atoms with Gasteiger partial charge in [-0.3, -0.25) is 0 Å². The van der Waals surface area contributed by atoms with Crippen molar-refractivity contribution in [3.63, 3.8) is 0 Å². The van der Waals surface area contributed by atoms with Gasteiger partial charge in [0.15, 0.2) is 0 Å². The molecular weight excluding hydrogens is 202 g/mol. The Balaban J connectivity index is 2.97. The van der Waals surface area contributed by atoms with E-state index >= 15 is 0 Å². The number of aliphatic hydroxyl groups excluding tert-OH is 1. The molecule has 14 heavy (non-hydrogen) atoms. The van der Waals surface area contributed by atoms with Crippen molar-refractivity contribution in [2.24, 2.45) is 5.73 Å². The summed E-state index contributed by atoms with van der Waals surface area (Å²) in [4.78, 5) is 0. The first-order valence-electron chi connectivity index (χ1n) is 4.39. The maximum Gasteiger partial charge on any atom is 0.123 e. The van der Waals surface area contributed by atoms with Crippen molar-refractivity contribution in [1.29, 1.82) is 0 Å². The average molecular weight is 216 g/mol. The summed E-state index contributed by atoms with van der Waals surface area (Å²) in [7, 11) is 1.58. The lowest BCUT2D eigenvalue weighted by Gasteiger charge is -2.14. The molecular formula is C10H14ClNO2. The van der Waals surface area contributed by atoms with E-state index in [0.717, 1.165) is 5.56 Å². The zero-order valence-corrected chi connectivity index (χ0v) is 8.79. The smallest absolute Gasteiger partial charge is 0.123 e. The molecule has 0 fully saturated rings. The first-order chi connectivity index (χ1) is 6.69. The monoisotopic (exact) mass is 215 g/mol. The number of methoxy groups -OCH3 is 1. The van der Waals surface area contributed by atoms with E-state index < -0.39 is 0 Å². The molecule has 0 aliphatic rings. The third-order valence-electron chi connectivity index (χ3n) is 2.03. The van der Waals surface area contributed by atoms with Crippen LogP contribution in [-0.4, -0.2) is 18.8 Å². The van der Waals surface area contributed by atoms with Crippen LogP contribution in [0.3, 0.4) is 0 Å². The molecule has 3 N–H and O–H groups in total. The third-order valence-corrected chi connectivity index (χ3v) is 2.27. The van der Waals surface area contributed by atoms with E-state index in [1.807, 2.05) is 0 Å². The van der Waals surface area contributed by atoms with Gasteiger partial charge in [-0.25, -0.2) is 0 Å². The van der Waals surface area contributed by atoms with Gasteiger partial charge in [-0.2, -0.15) is 0 Å². The number of nitrogens with two attached hydrogens (primary N) is 1. The van der Waals surface area contributed by atoms with Crippen LogP contribution in [0.15, 0.2) is 18.2 Å². The SMILES string of the molecule is COc1ccc(Cl)cc1[C@@H](N)CCO.